The van der Waals surface area contributed by atoms with Gasteiger partial charge in [0.15, 0.2) is 0 Å². The van der Waals surface area contributed by atoms with Crippen LogP contribution in [0.1, 0.15) is 23.7 Å². The van der Waals surface area contributed by atoms with Crippen molar-refractivity contribution in [3.05, 3.63) is 71.3 Å². The van der Waals surface area contributed by atoms with Gasteiger partial charge in [0.05, 0.1) is 32.9 Å². The summed E-state index contributed by atoms with van der Waals surface area (Å²) in [5.74, 6) is -0.657. The quantitative estimate of drug-likeness (QED) is 0.457. The molecule has 0 saturated carbocycles. The molecule has 0 radical (unpaired) electrons. The van der Waals surface area contributed by atoms with Gasteiger partial charge in [-0.25, -0.2) is 8.78 Å². The number of nitrogens with two attached hydrogens (primary N) is 1. The molecule has 0 spiro atoms. The molecule has 0 aliphatic carbocycles. The molecule has 1 aliphatic heterocycles. The minimum Gasteiger partial charge on any atom is -0.385 e. The van der Waals surface area contributed by atoms with Crippen LogP contribution in [0.3, 0.4) is 0 Å². The standard InChI is InChI=1S/C23H30F2N2O3/c24-20-6-2-18(3-7-20)23(19-4-8-21(25)9-5-19)30-17-22(28)16-26-10-1-11-27-12-14-29-15-13-27/h2-9,22-23,26,28H,1,10-17H2/p+2/t22-/m0/s1. The first-order valence-electron chi connectivity index (χ1n) is 10.7. The van der Waals surface area contributed by atoms with E-state index in [1.807, 2.05) is 0 Å². The maximum atomic E-state index is 13.3. The Morgan fingerprint density at radius 1 is 0.967 bits per heavy atom. The third-order valence-corrected chi connectivity index (χ3v) is 5.38. The van der Waals surface area contributed by atoms with Gasteiger partial charge in [-0.05, 0) is 35.4 Å². The van der Waals surface area contributed by atoms with E-state index in [9.17, 15) is 13.9 Å². The van der Waals surface area contributed by atoms with E-state index >= 15 is 0 Å². The molecule has 30 heavy (non-hydrogen) atoms. The van der Waals surface area contributed by atoms with Crippen LogP contribution in [-0.2, 0) is 9.47 Å². The average molecular weight is 423 g/mol. The fraction of sp³-hybridized carbons (Fsp3) is 0.478. The van der Waals surface area contributed by atoms with E-state index in [1.54, 1.807) is 29.2 Å². The van der Waals surface area contributed by atoms with E-state index in [-0.39, 0.29) is 18.2 Å². The summed E-state index contributed by atoms with van der Waals surface area (Å²) in [6.07, 6.45) is -0.0219. The fourth-order valence-corrected chi connectivity index (χ4v) is 3.65. The first-order chi connectivity index (χ1) is 14.6. The lowest BCUT2D eigenvalue weighted by molar-refractivity contribution is -0.909. The van der Waals surface area contributed by atoms with E-state index in [2.05, 4.69) is 5.32 Å². The lowest BCUT2D eigenvalue weighted by Crippen LogP contribution is -3.14. The van der Waals surface area contributed by atoms with Crippen molar-refractivity contribution in [3.8, 4) is 0 Å². The van der Waals surface area contributed by atoms with Crippen molar-refractivity contribution in [2.75, 3.05) is 52.5 Å². The van der Waals surface area contributed by atoms with E-state index in [1.165, 1.54) is 24.3 Å². The predicted octanol–water partition coefficient (Wildman–Crippen LogP) is 0.300. The highest BCUT2D eigenvalue weighted by molar-refractivity contribution is 5.30. The number of halogens is 2. The van der Waals surface area contributed by atoms with Crippen LogP contribution >= 0.6 is 0 Å². The van der Waals surface area contributed by atoms with Crippen LogP contribution in [0.15, 0.2) is 48.5 Å². The van der Waals surface area contributed by atoms with Crippen molar-refractivity contribution in [2.45, 2.75) is 18.6 Å². The molecular weight excluding hydrogens is 390 g/mol. The number of rotatable bonds is 11. The third-order valence-electron chi connectivity index (χ3n) is 5.38. The summed E-state index contributed by atoms with van der Waals surface area (Å²) >= 11 is 0. The van der Waals surface area contributed by atoms with Gasteiger partial charge in [-0.3, -0.25) is 0 Å². The summed E-state index contributed by atoms with van der Waals surface area (Å²) in [4.78, 5) is 1.58. The monoisotopic (exact) mass is 422 g/mol. The van der Waals surface area contributed by atoms with Gasteiger partial charge >= 0.3 is 0 Å². The number of aliphatic hydroxyl groups excluding tert-OH is 1. The van der Waals surface area contributed by atoms with Crippen LogP contribution in [0.4, 0.5) is 8.78 Å². The lowest BCUT2D eigenvalue weighted by atomic mass is 10.0. The Hall–Kier alpha value is -1.90. The highest BCUT2D eigenvalue weighted by Crippen LogP contribution is 2.26. The summed E-state index contributed by atoms with van der Waals surface area (Å²) < 4.78 is 37.9. The molecule has 0 amide bonds. The van der Waals surface area contributed by atoms with Crippen molar-refractivity contribution in [2.24, 2.45) is 0 Å². The molecule has 1 aliphatic rings. The van der Waals surface area contributed by atoms with Crippen molar-refractivity contribution in [1.82, 2.24) is 0 Å². The topological polar surface area (TPSA) is 59.7 Å². The molecule has 1 fully saturated rings. The Morgan fingerprint density at radius 3 is 2.10 bits per heavy atom. The second kappa shape index (κ2) is 12.1. The molecule has 0 aromatic heterocycles. The van der Waals surface area contributed by atoms with Crippen molar-refractivity contribution >= 4 is 0 Å². The molecule has 5 nitrogen and oxygen atoms in total. The molecule has 164 valence electrons. The summed E-state index contributed by atoms with van der Waals surface area (Å²) in [6, 6.07) is 12.1. The zero-order chi connectivity index (χ0) is 21.2. The Morgan fingerprint density at radius 2 is 1.53 bits per heavy atom. The van der Waals surface area contributed by atoms with Gasteiger partial charge < -0.3 is 24.8 Å². The predicted molar refractivity (Wildman–Crippen MR) is 109 cm³/mol. The maximum Gasteiger partial charge on any atom is 0.126 e. The number of nitrogens with one attached hydrogen (secondary N) is 1. The first kappa shape index (κ1) is 22.8. The van der Waals surface area contributed by atoms with E-state index in [4.69, 9.17) is 9.47 Å². The second-order valence-corrected chi connectivity index (χ2v) is 7.75. The van der Waals surface area contributed by atoms with Crippen LogP contribution in [0.25, 0.3) is 0 Å². The summed E-state index contributed by atoms with van der Waals surface area (Å²) in [5, 5.41) is 12.4. The van der Waals surface area contributed by atoms with E-state index in [0.717, 1.165) is 56.9 Å². The second-order valence-electron chi connectivity index (χ2n) is 7.75. The summed E-state index contributed by atoms with van der Waals surface area (Å²) in [5.41, 5.74) is 1.51. The van der Waals surface area contributed by atoms with Crippen molar-refractivity contribution in [1.29, 1.82) is 0 Å². The van der Waals surface area contributed by atoms with Gasteiger partial charge in [0, 0.05) is 6.42 Å². The van der Waals surface area contributed by atoms with Crippen LogP contribution in [0, 0.1) is 11.6 Å². The zero-order valence-electron chi connectivity index (χ0n) is 17.2. The number of aliphatic hydroxyl groups is 1. The number of ether oxygens (including phenoxy) is 2. The molecule has 4 N–H and O–H groups in total. The normalized spacial score (nSPS) is 16.1. The minimum atomic E-state index is -0.621. The average Bonchev–Trinajstić information content (AvgIpc) is 2.77. The highest BCUT2D eigenvalue weighted by atomic mass is 19.1. The molecule has 2 aromatic carbocycles. The van der Waals surface area contributed by atoms with Crippen molar-refractivity contribution < 1.29 is 33.6 Å². The lowest BCUT2D eigenvalue weighted by Gasteiger charge is -2.23. The van der Waals surface area contributed by atoms with Gasteiger partial charge in [-0.15, -0.1) is 0 Å². The number of benzene rings is 2. The smallest absolute Gasteiger partial charge is 0.126 e. The van der Waals surface area contributed by atoms with Crippen LogP contribution in [0.5, 0.6) is 0 Å². The van der Waals surface area contributed by atoms with Crippen molar-refractivity contribution in [3.63, 3.8) is 0 Å². The molecule has 2 aromatic rings. The number of hydrogen-bond acceptors (Lipinski definition) is 3. The summed E-state index contributed by atoms with van der Waals surface area (Å²) in [7, 11) is 0. The van der Waals surface area contributed by atoms with E-state index < -0.39 is 12.2 Å². The molecule has 1 atom stereocenters. The van der Waals surface area contributed by atoms with Crippen LogP contribution < -0.4 is 10.2 Å². The van der Waals surface area contributed by atoms with Gasteiger partial charge in [-0.1, -0.05) is 24.3 Å². The molecule has 3 rings (SSSR count). The maximum absolute atomic E-state index is 13.3. The zero-order valence-corrected chi connectivity index (χ0v) is 17.2. The molecule has 0 unspecified atom stereocenters. The molecule has 7 heteroatoms. The fourth-order valence-electron chi connectivity index (χ4n) is 3.65. The number of quaternary nitrogens is 2. The minimum absolute atomic E-state index is 0.143. The SMILES string of the molecule is O[C@@H](C[NH2+]CCC[NH+]1CCOCC1)COC(c1ccc(F)cc1)c1ccc(F)cc1. The molecule has 1 saturated heterocycles. The molecular formula is C23H32F2N2O3+2. The van der Waals surface area contributed by atoms with Gasteiger partial charge in [0.25, 0.3) is 0 Å². The number of hydrogen-bond donors (Lipinski definition) is 3. The number of morpholine rings is 1. The van der Waals surface area contributed by atoms with Crippen LogP contribution in [-0.4, -0.2) is 63.8 Å². The molecule has 0 bridgehead atoms. The Labute approximate surface area is 176 Å². The largest absolute Gasteiger partial charge is 0.385 e. The third kappa shape index (κ3) is 7.41. The van der Waals surface area contributed by atoms with Gasteiger partial charge in [0.2, 0.25) is 0 Å². The summed E-state index contributed by atoms with van der Waals surface area (Å²) in [6.45, 7) is 6.62. The van der Waals surface area contributed by atoms with Gasteiger partial charge in [-0.2, -0.15) is 0 Å². The Balaban J connectivity index is 1.44. The van der Waals surface area contributed by atoms with Crippen LogP contribution in [0.2, 0.25) is 0 Å². The Bertz CT molecular complexity index is 692. The Kier molecular flexibility index (Phi) is 9.17. The first-order valence-corrected chi connectivity index (χ1v) is 10.7. The van der Waals surface area contributed by atoms with E-state index in [0.29, 0.717) is 6.54 Å². The van der Waals surface area contributed by atoms with Gasteiger partial charge in [0.1, 0.15) is 43.5 Å². The highest BCUT2D eigenvalue weighted by Gasteiger charge is 2.18. The molecule has 1 heterocycles.